The Morgan fingerprint density at radius 3 is 2.53 bits per heavy atom. The molecule has 1 rings (SSSR count). The second-order valence-electron chi connectivity index (χ2n) is 5.69. The number of hydrogen-bond acceptors (Lipinski definition) is 2. The Balaban J connectivity index is 2.51. The van der Waals surface area contributed by atoms with Crippen molar-refractivity contribution in [2.24, 2.45) is 11.1 Å². The van der Waals surface area contributed by atoms with Gasteiger partial charge in [0.2, 0.25) is 5.91 Å². The first kappa shape index (κ1) is 15.6. The third kappa shape index (κ3) is 4.95. The molecule has 0 saturated heterocycles. The first-order valence-corrected chi connectivity index (χ1v) is 6.16. The average molecular weight is 270 g/mol. The van der Waals surface area contributed by atoms with Crippen LogP contribution in [0.5, 0.6) is 0 Å². The molecule has 0 saturated carbocycles. The molecule has 0 heterocycles. The molecule has 0 aromatic heterocycles. The number of nitrogens with two attached hydrogens (primary N) is 1. The predicted octanol–water partition coefficient (Wildman–Crippen LogP) is 2.34. The zero-order valence-electron chi connectivity index (χ0n) is 11.5. The third-order valence-electron chi connectivity index (χ3n) is 3.01. The van der Waals surface area contributed by atoms with E-state index in [2.05, 4.69) is 5.32 Å². The normalized spacial score (nSPS) is 13.2. The van der Waals surface area contributed by atoms with E-state index in [-0.39, 0.29) is 35.9 Å². The molecule has 1 amide bonds. The lowest BCUT2D eigenvalue weighted by Gasteiger charge is -2.26. The number of benzene rings is 1. The maximum absolute atomic E-state index is 13.3. The Bertz CT molecular complexity index is 455. The molecule has 0 aliphatic rings. The first-order valence-electron chi connectivity index (χ1n) is 6.16. The fraction of sp³-hybridized carbons (Fsp3) is 0.500. The summed E-state index contributed by atoms with van der Waals surface area (Å²) >= 11 is 0. The quantitative estimate of drug-likeness (QED) is 0.882. The number of carbonyl (C=O) groups is 1. The zero-order chi connectivity index (χ0) is 14.6. The molecule has 3 nitrogen and oxygen atoms in total. The minimum atomic E-state index is -0.666. The Morgan fingerprint density at radius 2 is 2.00 bits per heavy atom. The molecule has 5 heteroatoms. The van der Waals surface area contributed by atoms with Gasteiger partial charge in [-0.1, -0.05) is 26.8 Å². The molecule has 1 atom stereocenters. The van der Waals surface area contributed by atoms with Crippen molar-refractivity contribution in [2.75, 3.05) is 0 Å². The monoisotopic (exact) mass is 270 g/mol. The molecular weight excluding hydrogens is 250 g/mol. The average Bonchev–Trinajstić information content (AvgIpc) is 2.26. The number of hydrogen-bond donors (Lipinski definition) is 2. The highest BCUT2D eigenvalue weighted by Crippen LogP contribution is 2.19. The summed E-state index contributed by atoms with van der Waals surface area (Å²) in [5.74, 6) is -1.55. The number of nitrogens with one attached hydrogen (secondary N) is 1. The van der Waals surface area contributed by atoms with Crippen LogP contribution in [-0.4, -0.2) is 11.9 Å². The van der Waals surface area contributed by atoms with Crippen LogP contribution in [0.25, 0.3) is 0 Å². The van der Waals surface area contributed by atoms with Crippen LogP contribution in [0.4, 0.5) is 8.78 Å². The van der Waals surface area contributed by atoms with E-state index in [1.807, 2.05) is 20.8 Å². The van der Waals surface area contributed by atoms with Crippen molar-refractivity contribution in [3.8, 4) is 0 Å². The fourth-order valence-corrected chi connectivity index (χ4v) is 1.44. The van der Waals surface area contributed by atoms with E-state index in [1.165, 1.54) is 6.07 Å². The number of carbonyl (C=O) groups excluding carboxylic acids is 1. The lowest BCUT2D eigenvalue weighted by atomic mass is 9.85. The van der Waals surface area contributed by atoms with Gasteiger partial charge in [-0.15, -0.1) is 0 Å². The summed E-state index contributed by atoms with van der Waals surface area (Å²) in [6.07, 6.45) is 0.173. The lowest BCUT2D eigenvalue weighted by Crippen LogP contribution is -2.40. The molecule has 0 bridgehead atoms. The Labute approximate surface area is 112 Å². The van der Waals surface area contributed by atoms with Gasteiger partial charge in [-0.05, 0) is 11.5 Å². The maximum atomic E-state index is 13.3. The van der Waals surface area contributed by atoms with Crippen molar-refractivity contribution < 1.29 is 13.6 Å². The molecule has 1 unspecified atom stereocenters. The van der Waals surface area contributed by atoms with Crippen LogP contribution in [0.3, 0.4) is 0 Å². The standard InChI is InChI=1S/C14H20F2N2O/c1-14(2,3)12(17)7-13(19)18-8-9-4-5-10(15)6-11(9)16/h4-6,12H,7-8,17H2,1-3H3,(H,18,19). The van der Waals surface area contributed by atoms with Crippen LogP contribution in [-0.2, 0) is 11.3 Å². The summed E-state index contributed by atoms with van der Waals surface area (Å²) in [7, 11) is 0. The van der Waals surface area contributed by atoms with Gasteiger partial charge < -0.3 is 11.1 Å². The van der Waals surface area contributed by atoms with Crippen molar-refractivity contribution in [1.29, 1.82) is 0 Å². The first-order chi connectivity index (χ1) is 8.70. The SMILES string of the molecule is CC(C)(C)C(N)CC(=O)NCc1ccc(F)cc1F. The number of rotatable bonds is 4. The van der Waals surface area contributed by atoms with Crippen LogP contribution in [0.2, 0.25) is 0 Å². The van der Waals surface area contributed by atoms with Gasteiger partial charge in [-0.3, -0.25) is 4.79 Å². The van der Waals surface area contributed by atoms with E-state index in [9.17, 15) is 13.6 Å². The van der Waals surface area contributed by atoms with E-state index in [1.54, 1.807) is 0 Å². The summed E-state index contributed by atoms with van der Waals surface area (Å²) in [6.45, 7) is 5.88. The highest BCUT2D eigenvalue weighted by molar-refractivity contribution is 5.76. The van der Waals surface area contributed by atoms with Crippen molar-refractivity contribution >= 4 is 5.91 Å². The highest BCUT2D eigenvalue weighted by Gasteiger charge is 2.23. The van der Waals surface area contributed by atoms with Gasteiger partial charge in [0, 0.05) is 30.6 Å². The molecule has 0 radical (unpaired) electrons. The highest BCUT2D eigenvalue weighted by atomic mass is 19.1. The van der Waals surface area contributed by atoms with Crippen LogP contribution in [0.1, 0.15) is 32.8 Å². The number of halogens is 2. The minimum absolute atomic E-state index is 0.0296. The van der Waals surface area contributed by atoms with Crippen LogP contribution >= 0.6 is 0 Å². The smallest absolute Gasteiger partial charge is 0.221 e. The van der Waals surface area contributed by atoms with Gasteiger partial charge in [-0.2, -0.15) is 0 Å². The van der Waals surface area contributed by atoms with E-state index >= 15 is 0 Å². The topological polar surface area (TPSA) is 55.1 Å². The molecule has 0 aliphatic carbocycles. The summed E-state index contributed by atoms with van der Waals surface area (Å²) < 4.78 is 26.0. The van der Waals surface area contributed by atoms with Gasteiger partial charge in [0.05, 0.1) is 0 Å². The molecule has 0 fully saturated rings. The predicted molar refractivity (Wildman–Crippen MR) is 70.3 cm³/mol. The van der Waals surface area contributed by atoms with Crippen LogP contribution < -0.4 is 11.1 Å². The minimum Gasteiger partial charge on any atom is -0.352 e. The summed E-state index contributed by atoms with van der Waals surface area (Å²) in [5, 5.41) is 2.58. The number of amides is 1. The van der Waals surface area contributed by atoms with Crippen molar-refractivity contribution in [1.82, 2.24) is 5.32 Å². The Morgan fingerprint density at radius 1 is 1.37 bits per heavy atom. The molecule has 3 N–H and O–H groups in total. The van der Waals surface area contributed by atoms with Crippen molar-refractivity contribution in [3.63, 3.8) is 0 Å². The molecular formula is C14H20F2N2O. The maximum Gasteiger partial charge on any atom is 0.221 e. The van der Waals surface area contributed by atoms with Gasteiger partial charge in [0.25, 0.3) is 0 Å². The molecule has 0 aliphatic heterocycles. The molecule has 0 spiro atoms. The molecule has 1 aromatic rings. The summed E-state index contributed by atoms with van der Waals surface area (Å²) in [6, 6.07) is 2.99. The molecule has 106 valence electrons. The largest absolute Gasteiger partial charge is 0.352 e. The summed E-state index contributed by atoms with van der Waals surface area (Å²) in [5.41, 5.74) is 5.97. The van der Waals surface area contributed by atoms with E-state index in [0.717, 1.165) is 12.1 Å². The lowest BCUT2D eigenvalue weighted by molar-refractivity contribution is -0.122. The van der Waals surface area contributed by atoms with Crippen molar-refractivity contribution in [3.05, 3.63) is 35.4 Å². The van der Waals surface area contributed by atoms with Crippen molar-refractivity contribution in [2.45, 2.75) is 39.8 Å². The van der Waals surface area contributed by atoms with E-state index in [4.69, 9.17) is 5.73 Å². The fourth-order valence-electron chi connectivity index (χ4n) is 1.44. The van der Waals surface area contributed by atoms with E-state index in [0.29, 0.717) is 0 Å². The third-order valence-corrected chi connectivity index (χ3v) is 3.01. The summed E-state index contributed by atoms with van der Waals surface area (Å²) in [4.78, 5) is 11.7. The molecule has 19 heavy (non-hydrogen) atoms. The van der Waals surface area contributed by atoms with Crippen LogP contribution in [0.15, 0.2) is 18.2 Å². The van der Waals surface area contributed by atoms with Gasteiger partial charge in [-0.25, -0.2) is 8.78 Å². The van der Waals surface area contributed by atoms with Gasteiger partial charge in [0.1, 0.15) is 11.6 Å². The van der Waals surface area contributed by atoms with Gasteiger partial charge >= 0.3 is 0 Å². The Hall–Kier alpha value is -1.49. The molecule has 1 aromatic carbocycles. The van der Waals surface area contributed by atoms with Crippen LogP contribution in [0, 0.1) is 17.0 Å². The zero-order valence-corrected chi connectivity index (χ0v) is 11.5. The second kappa shape index (κ2) is 6.10. The second-order valence-corrected chi connectivity index (χ2v) is 5.69. The Kier molecular flexibility index (Phi) is 5.00. The van der Waals surface area contributed by atoms with Gasteiger partial charge in [0.15, 0.2) is 0 Å². The van der Waals surface area contributed by atoms with E-state index < -0.39 is 11.6 Å².